The van der Waals surface area contributed by atoms with Gasteiger partial charge in [0.15, 0.2) is 5.69 Å². The van der Waals surface area contributed by atoms with Gasteiger partial charge in [-0.25, -0.2) is 4.98 Å². The van der Waals surface area contributed by atoms with Gasteiger partial charge in [0.2, 0.25) is 5.89 Å². The summed E-state index contributed by atoms with van der Waals surface area (Å²) in [7, 11) is 0. The van der Waals surface area contributed by atoms with E-state index in [0.717, 1.165) is 31.2 Å². The van der Waals surface area contributed by atoms with Crippen LogP contribution in [0.25, 0.3) is 0 Å². The van der Waals surface area contributed by atoms with Crippen molar-refractivity contribution in [1.29, 1.82) is 0 Å². The second kappa shape index (κ2) is 8.85. The van der Waals surface area contributed by atoms with Gasteiger partial charge in [-0.1, -0.05) is 44.2 Å². The maximum Gasteiger partial charge on any atom is 0.273 e. The normalized spacial score (nSPS) is 17.3. The topological polar surface area (TPSA) is 101 Å². The molecule has 1 heterocycles. The van der Waals surface area contributed by atoms with Crippen LogP contribution in [0.4, 0.5) is 0 Å². The van der Waals surface area contributed by atoms with E-state index in [9.17, 15) is 9.90 Å². The van der Waals surface area contributed by atoms with Gasteiger partial charge in [-0.3, -0.25) is 4.79 Å². The average Bonchev–Trinajstić information content (AvgIpc) is 3.09. The third-order valence-electron chi connectivity index (χ3n) is 4.90. The van der Waals surface area contributed by atoms with Crippen molar-refractivity contribution in [3.8, 4) is 5.75 Å². The zero-order chi connectivity index (χ0) is 18.4. The Balaban J connectivity index is 1.57. The molecule has 6 nitrogen and oxygen atoms in total. The zero-order valence-electron chi connectivity index (χ0n) is 15.0. The fourth-order valence-electron chi connectivity index (χ4n) is 3.40. The van der Waals surface area contributed by atoms with Gasteiger partial charge in [0.25, 0.3) is 5.91 Å². The number of aromatic nitrogens is 1. The number of oxazole rings is 1. The molecule has 6 heteroatoms. The van der Waals surface area contributed by atoms with E-state index in [1.807, 2.05) is 0 Å². The maximum absolute atomic E-state index is 12.4. The minimum Gasteiger partial charge on any atom is -0.508 e. The summed E-state index contributed by atoms with van der Waals surface area (Å²) in [5.41, 5.74) is 7.40. The van der Waals surface area contributed by atoms with Gasteiger partial charge in [-0.05, 0) is 37.0 Å². The number of carbonyl (C=O) groups excluding carboxylic acids is 1. The summed E-state index contributed by atoms with van der Waals surface area (Å²) < 4.78 is 5.43. The largest absolute Gasteiger partial charge is 0.508 e. The van der Waals surface area contributed by atoms with Gasteiger partial charge in [-0.15, -0.1) is 0 Å². The van der Waals surface area contributed by atoms with Crippen molar-refractivity contribution in [2.45, 2.75) is 63.5 Å². The third kappa shape index (κ3) is 5.08. The van der Waals surface area contributed by atoms with Crippen LogP contribution < -0.4 is 11.1 Å². The molecule has 4 N–H and O–H groups in total. The van der Waals surface area contributed by atoms with Crippen LogP contribution in [0.5, 0.6) is 5.75 Å². The highest BCUT2D eigenvalue weighted by Gasteiger charge is 2.20. The Morgan fingerprint density at radius 2 is 1.85 bits per heavy atom. The second-order valence-electron chi connectivity index (χ2n) is 7.06. The lowest BCUT2D eigenvalue weighted by atomic mass is 9.97. The van der Waals surface area contributed by atoms with Gasteiger partial charge in [0.1, 0.15) is 12.0 Å². The quantitative estimate of drug-likeness (QED) is 0.760. The molecule has 3 rings (SSSR count). The van der Waals surface area contributed by atoms with Gasteiger partial charge in [0, 0.05) is 6.04 Å². The van der Waals surface area contributed by atoms with E-state index in [1.165, 1.54) is 25.5 Å². The fourth-order valence-corrected chi connectivity index (χ4v) is 3.40. The number of nitrogens with one attached hydrogen (secondary N) is 1. The minimum absolute atomic E-state index is 0.192. The van der Waals surface area contributed by atoms with Gasteiger partial charge < -0.3 is 20.6 Å². The number of nitrogens with zero attached hydrogens (tertiary/aromatic N) is 1. The molecule has 1 atom stereocenters. The third-order valence-corrected chi connectivity index (χ3v) is 4.90. The summed E-state index contributed by atoms with van der Waals surface area (Å²) in [6, 6.07) is 6.62. The molecule has 1 unspecified atom stereocenters. The van der Waals surface area contributed by atoms with Crippen molar-refractivity contribution < 1.29 is 14.3 Å². The predicted molar refractivity (Wildman–Crippen MR) is 98.8 cm³/mol. The highest BCUT2D eigenvalue weighted by molar-refractivity contribution is 5.92. The minimum atomic E-state index is -0.442. The van der Waals surface area contributed by atoms with Gasteiger partial charge >= 0.3 is 0 Å². The summed E-state index contributed by atoms with van der Waals surface area (Å²) >= 11 is 0. The van der Waals surface area contributed by atoms with Crippen LogP contribution in [0.2, 0.25) is 0 Å². The number of carbonyl (C=O) groups is 1. The van der Waals surface area contributed by atoms with E-state index in [1.54, 1.807) is 24.3 Å². The molecule has 1 aliphatic carbocycles. The molecule has 0 aliphatic heterocycles. The molecule has 2 aromatic rings. The average molecular weight is 357 g/mol. The molecule has 1 amide bonds. The summed E-state index contributed by atoms with van der Waals surface area (Å²) in [5, 5.41) is 12.4. The molecule has 0 saturated heterocycles. The van der Waals surface area contributed by atoms with E-state index in [2.05, 4.69) is 10.3 Å². The molecule has 1 saturated carbocycles. The Morgan fingerprint density at radius 3 is 2.54 bits per heavy atom. The lowest BCUT2D eigenvalue weighted by Crippen LogP contribution is -2.35. The summed E-state index contributed by atoms with van der Waals surface area (Å²) in [6.07, 6.45) is 10.0. The van der Waals surface area contributed by atoms with Crippen LogP contribution in [0.15, 0.2) is 34.9 Å². The van der Waals surface area contributed by atoms with Crippen LogP contribution in [0.3, 0.4) is 0 Å². The van der Waals surface area contributed by atoms with Crippen molar-refractivity contribution in [2.75, 3.05) is 0 Å². The number of nitrogens with two attached hydrogens (primary N) is 1. The van der Waals surface area contributed by atoms with Gasteiger partial charge in [0.05, 0.1) is 6.04 Å². The van der Waals surface area contributed by atoms with Crippen molar-refractivity contribution in [3.05, 3.63) is 47.7 Å². The Morgan fingerprint density at radius 1 is 1.19 bits per heavy atom. The van der Waals surface area contributed by atoms with Crippen molar-refractivity contribution in [3.63, 3.8) is 0 Å². The molecule has 0 radical (unpaired) electrons. The molecule has 1 fully saturated rings. The van der Waals surface area contributed by atoms with Crippen LogP contribution in [0, 0.1) is 0 Å². The number of phenolic OH excluding ortho intramolecular Hbond substituents is 1. The van der Waals surface area contributed by atoms with Crippen LogP contribution in [0.1, 0.15) is 72.9 Å². The van der Waals surface area contributed by atoms with E-state index in [4.69, 9.17) is 10.2 Å². The fraction of sp³-hybridized carbons (Fsp3) is 0.500. The van der Waals surface area contributed by atoms with Gasteiger partial charge in [-0.2, -0.15) is 0 Å². The number of rotatable bonds is 5. The Kier molecular flexibility index (Phi) is 6.28. The molecule has 0 spiro atoms. The SMILES string of the molecule is NC(Cc1ccc(O)cc1)c1nc(C(=O)NC2CCCCCCC2)co1. The number of hydrogen-bond acceptors (Lipinski definition) is 5. The molecule has 26 heavy (non-hydrogen) atoms. The smallest absolute Gasteiger partial charge is 0.273 e. The molecule has 140 valence electrons. The lowest BCUT2D eigenvalue weighted by molar-refractivity contribution is 0.0925. The number of amides is 1. The molecule has 0 bridgehead atoms. The van der Waals surface area contributed by atoms with E-state index in [-0.39, 0.29) is 23.4 Å². The Bertz CT molecular complexity index is 703. The van der Waals surface area contributed by atoms with Crippen LogP contribution in [-0.4, -0.2) is 22.0 Å². The molecule has 1 aliphatic rings. The van der Waals surface area contributed by atoms with Crippen molar-refractivity contribution in [1.82, 2.24) is 10.3 Å². The second-order valence-corrected chi connectivity index (χ2v) is 7.06. The Labute approximate surface area is 153 Å². The van der Waals surface area contributed by atoms with E-state index < -0.39 is 6.04 Å². The number of hydrogen-bond donors (Lipinski definition) is 3. The first-order chi connectivity index (χ1) is 12.6. The highest BCUT2D eigenvalue weighted by Crippen LogP contribution is 2.19. The van der Waals surface area contributed by atoms with Crippen molar-refractivity contribution in [2.24, 2.45) is 5.73 Å². The monoisotopic (exact) mass is 357 g/mol. The molecular weight excluding hydrogens is 330 g/mol. The Hall–Kier alpha value is -2.34. The van der Waals surface area contributed by atoms with Crippen LogP contribution >= 0.6 is 0 Å². The lowest BCUT2D eigenvalue weighted by Gasteiger charge is -2.20. The number of phenols is 1. The van der Waals surface area contributed by atoms with E-state index in [0.29, 0.717) is 12.3 Å². The zero-order valence-corrected chi connectivity index (χ0v) is 15.0. The first-order valence-corrected chi connectivity index (χ1v) is 9.41. The molecular formula is C20H27N3O3. The number of benzene rings is 1. The summed E-state index contributed by atoms with van der Waals surface area (Å²) in [6.45, 7) is 0. The van der Waals surface area contributed by atoms with Crippen LogP contribution in [-0.2, 0) is 6.42 Å². The first-order valence-electron chi connectivity index (χ1n) is 9.41. The highest BCUT2D eigenvalue weighted by atomic mass is 16.3. The summed E-state index contributed by atoms with van der Waals surface area (Å²) in [5.74, 6) is 0.370. The first kappa shape index (κ1) is 18.5. The summed E-state index contributed by atoms with van der Waals surface area (Å²) in [4.78, 5) is 16.7. The molecule has 1 aromatic heterocycles. The predicted octanol–water partition coefficient (Wildman–Crippen LogP) is 3.47. The standard InChI is InChI=1S/C20H27N3O3/c21-17(12-14-8-10-16(24)11-9-14)20-23-18(13-26-20)19(25)22-15-6-4-2-1-3-5-7-15/h8-11,13,15,17,24H,1-7,12,21H2,(H,22,25). The maximum atomic E-state index is 12.4. The molecule has 1 aromatic carbocycles. The van der Waals surface area contributed by atoms with E-state index >= 15 is 0 Å². The van der Waals surface area contributed by atoms with Crippen molar-refractivity contribution >= 4 is 5.91 Å². The number of aromatic hydroxyl groups is 1.